The number of carbonyl (C=O) groups excluding carboxylic acids is 2. The van der Waals surface area contributed by atoms with Gasteiger partial charge in [-0.3, -0.25) is 9.59 Å². The molecule has 1 N–H and O–H groups in total. The topological polar surface area (TPSA) is 89.9 Å². The molecule has 28 heavy (non-hydrogen) atoms. The van der Waals surface area contributed by atoms with Crippen molar-refractivity contribution in [2.24, 2.45) is 11.3 Å². The van der Waals surface area contributed by atoms with Crippen molar-refractivity contribution < 1.29 is 29.0 Å². The van der Waals surface area contributed by atoms with Crippen LogP contribution < -0.4 is 0 Å². The number of cyclic esters (lactones) is 1. The van der Waals surface area contributed by atoms with E-state index in [2.05, 4.69) is 6.08 Å². The average Bonchev–Trinajstić information content (AvgIpc) is 2.77. The van der Waals surface area contributed by atoms with E-state index in [1.54, 1.807) is 12.2 Å². The lowest BCUT2D eigenvalue weighted by Gasteiger charge is -2.54. The van der Waals surface area contributed by atoms with Gasteiger partial charge in [0, 0.05) is 18.4 Å². The molecular formula is C22H28O6. The summed E-state index contributed by atoms with van der Waals surface area (Å²) in [7, 11) is 0. The molecule has 3 aliphatic rings. The third kappa shape index (κ3) is 2.99. The summed E-state index contributed by atoms with van der Waals surface area (Å²) < 4.78 is 11.9. The first-order valence-electron chi connectivity index (χ1n) is 9.74. The number of esters is 2. The van der Waals surface area contributed by atoms with Crippen LogP contribution in [0.3, 0.4) is 0 Å². The second-order valence-corrected chi connectivity index (χ2v) is 8.50. The van der Waals surface area contributed by atoms with Crippen LogP contribution >= 0.6 is 0 Å². The molecule has 6 heteroatoms. The Hall–Kier alpha value is -2.37. The molecule has 6 nitrogen and oxygen atoms in total. The van der Waals surface area contributed by atoms with Gasteiger partial charge < -0.3 is 14.6 Å². The second-order valence-electron chi connectivity index (χ2n) is 8.50. The molecule has 1 unspecified atom stereocenters. The first kappa shape index (κ1) is 20.4. The van der Waals surface area contributed by atoms with E-state index in [-0.39, 0.29) is 17.5 Å². The van der Waals surface area contributed by atoms with Crippen LogP contribution in [0.25, 0.3) is 0 Å². The number of hydrogen-bond donors (Lipinski definition) is 1. The normalized spacial score (nSPS) is 37.7. The molecule has 1 aliphatic heterocycles. The number of carbonyl (C=O) groups is 3. The molecule has 0 aromatic rings. The average molecular weight is 388 g/mol. The third-order valence-corrected chi connectivity index (χ3v) is 6.75. The molecule has 152 valence electrons. The van der Waals surface area contributed by atoms with Crippen LogP contribution in [-0.2, 0) is 23.9 Å². The molecule has 1 saturated carbocycles. The van der Waals surface area contributed by atoms with E-state index in [0.717, 1.165) is 6.42 Å². The fourth-order valence-corrected chi connectivity index (χ4v) is 5.25. The number of carboxylic acid groups (broad SMARTS) is 1. The smallest absolute Gasteiger partial charge is 0.331 e. The maximum Gasteiger partial charge on any atom is 0.331 e. The maximum atomic E-state index is 13.3. The number of ether oxygens (including phenoxy) is 2. The second kappa shape index (κ2) is 6.90. The maximum absolute atomic E-state index is 13.3. The number of aliphatic carboxylic acids is 1. The van der Waals surface area contributed by atoms with Gasteiger partial charge in [0.25, 0.3) is 0 Å². The monoisotopic (exact) mass is 388 g/mol. The van der Waals surface area contributed by atoms with Crippen molar-refractivity contribution in [3.63, 3.8) is 0 Å². The van der Waals surface area contributed by atoms with Gasteiger partial charge >= 0.3 is 17.9 Å². The third-order valence-electron chi connectivity index (χ3n) is 6.75. The molecule has 0 radical (unpaired) electrons. The highest BCUT2D eigenvalue weighted by atomic mass is 16.6. The van der Waals surface area contributed by atoms with Gasteiger partial charge in [-0.15, -0.1) is 0 Å². The lowest BCUT2D eigenvalue weighted by molar-refractivity contribution is -0.235. The van der Waals surface area contributed by atoms with Crippen molar-refractivity contribution in [2.45, 2.75) is 71.0 Å². The van der Waals surface area contributed by atoms with Crippen LogP contribution in [0.5, 0.6) is 0 Å². The minimum absolute atomic E-state index is 0.185. The fourth-order valence-electron chi connectivity index (χ4n) is 5.25. The number of hydrogen-bond acceptors (Lipinski definition) is 5. The Morgan fingerprint density at radius 2 is 2.04 bits per heavy atom. The van der Waals surface area contributed by atoms with Gasteiger partial charge in [-0.2, -0.15) is 0 Å². The minimum atomic E-state index is -1.00. The van der Waals surface area contributed by atoms with Gasteiger partial charge in [-0.25, -0.2) is 4.79 Å². The van der Waals surface area contributed by atoms with Crippen LogP contribution in [0.2, 0.25) is 0 Å². The van der Waals surface area contributed by atoms with E-state index in [1.165, 1.54) is 25.5 Å². The molecule has 3 rings (SSSR count). The zero-order valence-electron chi connectivity index (χ0n) is 16.9. The summed E-state index contributed by atoms with van der Waals surface area (Å²) in [5.74, 6) is -1.91. The van der Waals surface area contributed by atoms with Crippen LogP contribution in [0, 0.1) is 11.3 Å². The molecule has 0 amide bonds. The fraction of sp³-hybridized carbons (Fsp3) is 0.591. The largest absolute Gasteiger partial charge is 0.478 e. The highest BCUT2D eigenvalue weighted by Gasteiger charge is 2.74. The Labute approximate surface area is 165 Å². The van der Waals surface area contributed by atoms with E-state index in [9.17, 15) is 14.4 Å². The summed E-state index contributed by atoms with van der Waals surface area (Å²) >= 11 is 0. The van der Waals surface area contributed by atoms with Gasteiger partial charge in [0.15, 0.2) is 0 Å². The Balaban J connectivity index is 2.07. The highest BCUT2D eigenvalue weighted by Crippen LogP contribution is 2.65. The summed E-state index contributed by atoms with van der Waals surface area (Å²) in [4.78, 5) is 36.4. The highest BCUT2D eigenvalue weighted by molar-refractivity contribution is 5.86. The summed E-state index contributed by atoms with van der Waals surface area (Å²) in [5.41, 5.74) is -1.35. The molecule has 0 aromatic heterocycles. The SMILES string of the molecule is CC(=O)O[C@]12CCC(C)=CC[C@]13CCC2[C@@](C)(/C=C/C=C(\C)C(=O)O)OC3=O. The van der Waals surface area contributed by atoms with Crippen LogP contribution in [0.1, 0.15) is 59.8 Å². The van der Waals surface area contributed by atoms with Crippen molar-refractivity contribution >= 4 is 17.9 Å². The first-order valence-corrected chi connectivity index (χ1v) is 9.74. The molecule has 2 aliphatic carbocycles. The molecular weight excluding hydrogens is 360 g/mol. The van der Waals surface area contributed by atoms with Crippen LogP contribution in [0.15, 0.2) is 35.5 Å². The van der Waals surface area contributed by atoms with Gasteiger partial charge in [-0.1, -0.05) is 23.8 Å². The molecule has 2 fully saturated rings. The summed E-state index contributed by atoms with van der Waals surface area (Å²) in [5, 5.41) is 9.03. The predicted molar refractivity (Wildman–Crippen MR) is 102 cm³/mol. The lowest BCUT2D eigenvalue weighted by atomic mass is 9.62. The zero-order valence-corrected chi connectivity index (χ0v) is 16.9. The van der Waals surface area contributed by atoms with E-state index in [4.69, 9.17) is 14.6 Å². The van der Waals surface area contributed by atoms with Gasteiger partial charge in [0.1, 0.15) is 16.6 Å². The first-order chi connectivity index (χ1) is 13.1. The molecule has 1 saturated heterocycles. The molecule has 0 spiro atoms. The number of rotatable bonds is 4. The predicted octanol–water partition coefficient (Wildman–Crippen LogP) is 3.72. The van der Waals surface area contributed by atoms with Crippen molar-refractivity contribution in [3.8, 4) is 0 Å². The standard InChI is InChI=1S/C22H28O6/c1-14-7-11-21-12-9-17(22(21,13-8-14)27-16(3)23)20(4,28-19(21)26)10-5-6-15(2)18(24)25/h5-7,10,17H,8-9,11-13H2,1-4H3,(H,24,25)/b10-5+,15-6+/t17?,20-,21-,22+/m1/s1. The summed E-state index contributed by atoms with van der Waals surface area (Å²) in [6.07, 6.45) is 10.1. The molecule has 4 atom stereocenters. The Morgan fingerprint density at radius 3 is 2.68 bits per heavy atom. The van der Waals surface area contributed by atoms with Crippen molar-refractivity contribution in [2.75, 3.05) is 0 Å². The van der Waals surface area contributed by atoms with Gasteiger partial charge in [0.2, 0.25) is 0 Å². The van der Waals surface area contributed by atoms with Gasteiger partial charge in [-0.05, 0) is 59.0 Å². The number of allylic oxidation sites excluding steroid dienone is 4. The van der Waals surface area contributed by atoms with Crippen LogP contribution in [-0.4, -0.2) is 34.2 Å². The molecule has 1 heterocycles. The molecule has 0 aromatic carbocycles. The Bertz CT molecular complexity index is 806. The van der Waals surface area contributed by atoms with Crippen molar-refractivity contribution in [3.05, 3.63) is 35.5 Å². The van der Waals surface area contributed by atoms with E-state index in [1.807, 2.05) is 13.8 Å². The number of carboxylic acids is 1. The van der Waals surface area contributed by atoms with E-state index < -0.39 is 28.6 Å². The zero-order chi connectivity index (χ0) is 20.7. The van der Waals surface area contributed by atoms with Gasteiger partial charge in [0.05, 0.1) is 0 Å². The summed E-state index contributed by atoms with van der Waals surface area (Å²) in [6, 6.07) is 0. The van der Waals surface area contributed by atoms with Crippen molar-refractivity contribution in [1.82, 2.24) is 0 Å². The Kier molecular flexibility index (Phi) is 5.02. The molecule has 2 bridgehead atoms. The van der Waals surface area contributed by atoms with Crippen LogP contribution in [0.4, 0.5) is 0 Å². The lowest BCUT2D eigenvalue weighted by Crippen LogP contribution is -2.65. The minimum Gasteiger partial charge on any atom is -0.478 e. The van der Waals surface area contributed by atoms with E-state index in [0.29, 0.717) is 25.7 Å². The van der Waals surface area contributed by atoms with Crippen molar-refractivity contribution in [1.29, 1.82) is 0 Å². The summed E-state index contributed by atoms with van der Waals surface area (Å²) in [6.45, 7) is 6.75. The Morgan fingerprint density at radius 1 is 1.32 bits per heavy atom. The van der Waals surface area contributed by atoms with E-state index >= 15 is 0 Å². The quantitative estimate of drug-likeness (QED) is 0.342.